The molecule has 0 spiro atoms. The number of nitrogens with one attached hydrogen (secondary N) is 1. The first-order valence-corrected chi connectivity index (χ1v) is 9.37. The summed E-state index contributed by atoms with van der Waals surface area (Å²) in [7, 11) is 0. The molecule has 0 atom stereocenters. The number of hydrogen-bond donors (Lipinski definition) is 1. The number of fused-ring (bicyclic) bond motifs is 2. The summed E-state index contributed by atoms with van der Waals surface area (Å²) < 4.78 is 0. The van der Waals surface area contributed by atoms with Crippen LogP contribution in [0.15, 0.2) is 55.1 Å². The fraction of sp³-hybridized carbons (Fsp3) is 0.190. The zero-order chi connectivity index (χ0) is 18.2. The molecule has 1 aliphatic rings. The molecule has 27 heavy (non-hydrogen) atoms. The Morgan fingerprint density at radius 2 is 2.04 bits per heavy atom. The molecule has 4 heterocycles. The molecule has 134 valence electrons. The van der Waals surface area contributed by atoms with Crippen LogP contribution in [0.3, 0.4) is 0 Å². The van der Waals surface area contributed by atoms with Crippen molar-refractivity contribution in [2.75, 3.05) is 6.54 Å². The summed E-state index contributed by atoms with van der Waals surface area (Å²) in [6.45, 7) is 2.72. The van der Waals surface area contributed by atoms with E-state index >= 15 is 0 Å². The van der Waals surface area contributed by atoms with Crippen LogP contribution in [0.5, 0.6) is 0 Å². The minimum atomic E-state index is 0.768. The lowest BCUT2D eigenvalue weighted by atomic mass is 10.1. The molecule has 0 bridgehead atoms. The van der Waals surface area contributed by atoms with Crippen molar-refractivity contribution < 1.29 is 0 Å². The van der Waals surface area contributed by atoms with Gasteiger partial charge in [0.05, 0.1) is 5.69 Å². The number of aromatic amines is 1. The Balaban J connectivity index is 1.37. The number of halogens is 1. The van der Waals surface area contributed by atoms with Crippen molar-refractivity contribution in [3.05, 3.63) is 77.0 Å². The average molecular weight is 376 g/mol. The predicted octanol–water partition coefficient (Wildman–Crippen LogP) is 4.23. The van der Waals surface area contributed by atoms with Crippen molar-refractivity contribution in [2.45, 2.75) is 19.5 Å². The van der Waals surface area contributed by atoms with Crippen LogP contribution < -0.4 is 0 Å². The third kappa shape index (κ3) is 3.20. The topological polar surface area (TPSA) is 57.7 Å². The third-order valence-electron chi connectivity index (χ3n) is 5.07. The van der Waals surface area contributed by atoms with E-state index in [9.17, 15) is 0 Å². The smallest absolute Gasteiger partial charge is 0.159 e. The minimum absolute atomic E-state index is 0.768. The van der Waals surface area contributed by atoms with Crippen LogP contribution in [0.4, 0.5) is 0 Å². The number of aromatic nitrogens is 4. The van der Waals surface area contributed by atoms with Crippen molar-refractivity contribution in [1.29, 1.82) is 0 Å². The van der Waals surface area contributed by atoms with Crippen molar-refractivity contribution in [1.82, 2.24) is 24.8 Å². The first-order valence-electron chi connectivity index (χ1n) is 8.99. The van der Waals surface area contributed by atoms with Gasteiger partial charge in [-0.25, -0.2) is 9.97 Å². The monoisotopic (exact) mass is 375 g/mol. The van der Waals surface area contributed by atoms with E-state index in [4.69, 9.17) is 16.6 Å². The normalized spacial score (nSPS) is 14.4. The number of benzene rings is 1. The van der Waals surface area contributed by atoms with E-state index in [1.807, 2.05) is 36.5 Å². The van der Waals surface area contributed by atoms with Gasteiger partial charge in [0.1, 0.15) is 0 Å². The maximum absolute atomic E-state index is 6.17. The predicted molar refractivity (Wildman–Crippen MR) is 106 cm³/mol. The first kappa shape index (κ1) is 16.4. The molecule has 5 rings (SSSR count). The Hall–Kier alpha value is -2.76. The van der Waals surface area contributed by atoms with E-state index in [0.717, 1.165) is 53.7 Å². The summed E-state index contributed by atoms with van der Waals surface area (Å²) in [6, 6.07) is 9.86. The summed E-state index contributed by atoms with van der Waals surface area (Å²) in [6.07, 6.45) is 8.52. The van der Waals surface area contributed by atoms with Crippen molar-refractivity contribution in [2.24, 2.45) is 0 Å². The summed E-state index contributed by atoms with van der Waals surface area (Å²) in [5.41, 5.74) is 5.75. The summed E-state index contributed by atoms with van der Waals surface area (Å²) in [5, 5.41) is 1.96. The van der Waals surface area contributed by atoms with Crippen molar-refractivity contribution >= 4 is 22.5 Å². The highest BCUT2D eigenvalue weighted by Gasteiger charge is 2.20. The second-order valence-corrected chi connectivity index (χ2v) is 7.30. The second kappa shape index (κ2) is 6.76. The molecule has 1 N–H and O–H groups in total. The van der Waals surface area contributed by atoms with Crippen LogP contribution in [0.25, 0.3) is 22.3 Å². The van der Waals surface area contributed by atoms with Gasteiger partial charge in [0.15, 0.2) is 5.82 Å². The number of H-pyrrole nitrogens is 1. The summed E-state index contributed by atoms with van der Waals surface area (Å²) in [5.74, 6) is 0.774. The molecule has 4 aromatic rings. The highest BCUT2D eigenvalue weighted by atomic mass is 35.5. The zero-order valence-electron chi connectivity index (χ0n) is 14.7. The Bertz CT molecular complexity index is 1110. The molecule has 1 aromatic carbocycles. The largest absolute Gasteiger partial charge is 0.361 e. The van der Waals surface area contributed by atoms with Crippen molar-refractivity contribution in [3.8, 4) is 11.4 Å². The molecular weight excluding hydrogens is 358 g/mol. The molecule has 5 nitrogen and oxygen atoms in total. The molecule has 1 aliphatic heterocycles. The van der Waals surface area contributed by atoms with Gasteiger partial charge >= 0.3 is 0 Å². The van der Waals surface area contributed by atoms with Crippen LogP contribution in [0.2, 0.25) is 5.02 Å². The molecule has 6 heteroatoms. The van der Waals surface area contributed by atoms with Crippen LogP contribution in [-0.2, 0) is 19.5 Å². The van der Waals surface area contributed by atoms with E-state index in [2.05, 4.69) is 26.0 Å². The van der Waals surface area contributed by atoms with Gasteiger partial charge in [-0.15, -0.1) is 0 Å². The Kier molecular flexibility index (Phi) is 4.11. The minimum Gasteiger partial charge on any atom is -0.361 e. The summed E-state index contributed by atoms with van der Waals surface area (Å²) >= 11 is 6.17. The maximum atomic E-state index is 6.17. The SMILES string of the molecule is Clc1ccc2[nH]cc(CN3CCc4nc(-c5ccncc5)ncc4C3)c2c1. The Labute approximate surface area is 162 Å². The molecule has 0 unspecified atom stereocenters. The molecule has 0 radical (unpaired) electrons. The van der Waals surface area contributed by atoms with Crippen LogP contribution in [-0.4, -0.2) is 31.4 Å². The lowest BCUT2D eigenvalue weighted by Crippen LogP contribution is -2.30. The third-order valence-corrected chi connectivity index (χ3v) is 5.31. The van der Waals surface area contributed by atoms with E-state index in [-0.39, 0.29) is 0 Å². The van der Waals surface area contributed by atoms with E-state index in [1.54, 1.807) is 12.4 Å². The van der Waals surface area contributed by atoms with E-state index < -0.39 is 0 Å². The average Bonchev–Trinajstić information content (AvgIpc) is 3.10. The van der Waals surface area contributed by atoms with Gasteiger partial charge in [0.25, 0.3) is 0 Å². The van der Waals surface area contributed by atoms with Gasteiger partial charge in [-0.2, -0.15) is 0 Å². The maximum Gasteiger partial charge on any atom is 0.159 e. The molecule has 3 aromatic heterocycles. The lowest BCUT2D eigenvalue weighted by molar-refractivity contribution is 0.244. The van der Waals surface area contributed by atoms with Crippen molar-refractivity contribution in [3.63, 3.8) is 0 Å². The van der Waals surface area contributed by atoms with Crippen LogP contribution in [0, 0.1) is 0 Å². The molecule has 0 aliphatic carbocycles. The lowest BCUT2D eigenvalue weighted by Gasteiger charge is -2.27. The van der Waals surface area contributed by atoms with Gasteiger partial charge in [0, 0.05) is 77.9 Å². The molecule has 0 saturated heterocycles. The molecule has 0 amide bonds. The van der Waals surface area contributed by atoms with E-state index in [0.29, 0.717) is 0 Å². The molecular formula is C21H18ClN5. The quantitative estimate of drug-likeness (QED) is 0.582. The number of pyridine rings is 1. The number of nitrogens with zero attached hydrogens (tertiary/aromatic N) is 4. The fourth-order valence-electron chi connectivity index (χ4n) is 3.67. The van der Waals surface area contributed by atoms with Crippen LogP contribution in [0.1, 0.15) is 16.8 Å². The number of rotatable bonds is 3. The van der Waals surface area contributed by atoms with E-state index in [1.165, 1.54) is 16.5 Å². The van der Waals surface area contributed by atoms with Gasteiger partial charge in [-0.05, 0) is 35.9 Å². The highest BCUT2D eigenvalue weighted by molar-refractivity contribution is 6.31. The van der Waals surface area contributed by atoms with Gasteiger partial charge in [0.2, 0.25) is 0 Å². The summed E-state index contributed by atoms with van der Waals surface area (Å²) in [4.78, 5) is 19.2. The van der Waals surface area contributed by atoms with Crippen LogP contribution >= 0.6 is 11.6 Å². The fourth-order valence-corrected chi connectivity index (χ4v) is 3.84. The van der Waals surface area contributed by atoms with Gasteiger partial charge in [-0.3, -0.25) is 9.88 Å². The molecule has 0 fully saturated rings. The molecule has 0 saturated carbocycles. The van der Waals surface area contributed by atoms with Gasteiger partial charge < -0.3 is 4.98 Å². The Morgan fingerprint density at radius 1 is 1.15 bits per heavy atom. The first-order chi connectivity index (χ1) is 13.3. The Morgan fingerprint density at radius 3 is 2.93 bits per heavy atom. The zero-order valence-corrected chi connectivity index (χ0v) is 15.4. The highest BCUT2D eigenvalue weighted by Crippen LogP contribution is 2.26. The standard InChI is InChI=1S/C21H18ClN5/c22-17-1-2-20-18(9-17)15(10-24-20)12-27-8-5-19-16(13-27)11-25-21(26-19)14-3-6-23-7-4-14/h1-4,6-7,9-11,24H,5,8,12-13H2. The second-order valence-electron chi connectivity index (χ2n) is 6.87. The van der Waals surface area contributed by atoms with Gasteiger partial charge in [-0.1, -0.05) is 11.6 Å². The number of hydrogen-bond acceptors (Lipinski definition) is 4.